The predicted octanol–water partition coefficient (Wildman–Crippen LogP) is 2.90. The lowest BCUT2D eigenvalue weighted by atomic mass is 10.0. The molecule has 0 aromatic heterocycles. The molecule has 1 amide bonds. The Hall–Kier alpha value is -3.32. The van der Waals surface area contributed by atoms with Crippen LogP contribution in [0.15, 0.2) is 42.0 Å². The molecule has 0 fully saturated rings. The van der Waals surface area contributed by atoms with Gasteiger partial charge in [0.2, 0.25) is 5.91 Å². The second-order valence-electron chi connectivity index (χ2n) is 5.93. The monoisotopic (exact) mass is 384 g/mol. The summed E-state index contributed by atoms with van der Waals surface area (Å²) in [6.45, 7) is 1.57. The minimum Gasteiger partial charge on any atom is -0.497 e. The third-order valence-electron chi connectivity index (χ3n) is 4.08. The molecule has 0 radical (unpaired) electrons. The van der Waals surface area contributed by atoms with E-state index in [0.29, 0.717) is 34.1 Å². The fourth-order valence-corrected chi connectivity index (χ4v) is 2.63. The van der Waals surface area contributed by atoms with E-state index < -0.39 is 0 Å². The van der Waals surface area contributed by atoms with Gasteiger partial charge in [-0.15, -0.1) is 0 Å². The molecule has 3 N–H and O–H groups in total. The first-order valence-electron chi connectivity index (χ1n) is 8.56. The molecule has 2 aromatic carbocycles. The van der Waals surface area contributed by atoms with Crippen molar-refractivity contribution in [3.63, 3.8) is 0 Å². The Balaban J connectivity index is 2.38. The van der Waals surface area contributed by atoms with Crippen molar-refractivity contribution in [2.45, 2.75) is 6.92 Å². The molecular weight excluding hydrogens is 360 g/mol. The summed E-state index contributed by atoms with van der Waals surface area (Å²) in [6.07, 6.45) is 1.72. The molecule has 2 rings (SSSR count). The maximum absolute atomic E-state index is 12.9. The molecule has 2 aromatic rings. The van der Waals surface area contributed by atoms with Gasteiger partial charge in [-0.2, -0.15) is 0 Å². The van der Waals surface area contributed by atoms with Gasteiger partial charge < -0.3 is 25.3 Å². The standard InChI is InChI=1S/C21H24N2O5/c1-13(21(25)16-11-15(26-2)6-8-18(16)27-3)9-14-5-7-19(28-4)17(10-14)23-20(24)12-22/h5-11H,12,22H2,1-4H3,(H,23,24)/b13-9+. The lowest BCUT2D eigenvalue weighted by molar-refractivity contribution is -0.114. The summed E-state index contributed by atoms with van der Waals surface area (Å²) in [7, 11) is 4.55. The van der Waals surface area contributed by atoms with Crippen LogP contribution in [0.25, 0.3) is 6.08 Å². The van der Waals surface area contributed by atoms with Crippen molar-refractivity contribution in [3.05, 3.63) is 53.1 Å². The van der Waals surface area contributed by atoms with Gasteiger partial charge in [0.1, 0.15) is 17.2 Å². The van der Waals surface area contributed by atoms with Crippen LogP contribution in [0.1, 0.15) is 22.8 Å². The van der Waals surface area contributed by atoms with Gasteiger partial charge in [-0.1, -0.05) is 6.07 Å². The van der Waals surface area contributed by atoms with Crippen molar-refractivity contribution in [2.24, 2.45) is 5.73 Å². The molecule has 0 aliphatic rings. The third-order valence-corrected chi connectivity index (χ3v) is 4.08. The number of nitrogens with one attached hydrogen (secondary N) is 1. The zero-order valence-electron chi connectivity index (χ0n) is 16.4. The zero-order chi connectivity index (χ0) is 20.7. The highest BCUT2D eigenvalue weighted by atomic mass is 16.5. The van der Waals surface area contributed by atoms with Crippen LogP contribution < -0.4 is 25.3 Å². The number of benzene rings is 2. The van der Waals surface area contributed by atoms with E-state index in [1.165, 1.54) is 21.3 Å². The number of Topliss-reactive ketones (excluding diaryl/α,β-unsaturated/α-hetero) is 1. The van der Waals surface area contributed by atoms with E-state index in [2.05, 4.69) is 5.32 Å². The largest absolute Gasteiger partial charge is 0.497 e. The van der Waals surface area contributed by atoms with E-state index in [1.807, 2.05) is 0 Å². The molecule has 0 atom stereocenters. The first-order valence-corrected chi connectivity index (χ1v) is 8.56. The minimum absolute atomic E-state index is 0.142. The molecule has 0 heterocycles. The summed E-state index contributed by atoms with van der Waals surface area (Å²) in [5, 5.41) is 2.68. The first-order chi connectivity index (χ1) is 13.4. The molecule has 148 valence electrons. The van der Waals surface area contributed by atoms with Crippen LogP contribution in [0, 0.1) is 0 Å². The summed E-state index contributed by atoms with van der Waals surface area (Å²) in [5.41, 5.74) is 7.45. The Morgan fingerprint density at radius 1 is 1.00 bits per heavy atom. The molecule has 0 unspecified atom stereocenters. The predicted molar refractivity (Wildman–Crippen MR) is 108 cm³/mol. The maximum Gasteiger partial charge on any atom is 0.238 e. The number of nitrogens with two attached hydrogens (primary N) is 1. The van der Waals surface area contributed by atoms with Crippen LogP contribution >= 0.6 is 0 Å². The fourth-order valence-electron chi connectivity index (χ4n) is 2.63. The van der Waals surface area contributed by atoms with E-state index in [0.717, 1.165) is 5.56 Å². The first kappa shape index (κ1) is 21.0. The number of hydrogen-bond donors (Lipinski definition) is 2. The fraction of sp³-hybridized carbons (Fsp3) is 0.238. The Kier molecular flexibility index (Phi) is 7.17. The molecule has 0 saturated carbocycles. The molecule has 7 nitrogen and oxygen atoms in total. The molecule has 0 saturated heterocycles. The average molecular weight is 384 g/mol. The summed E-state index contributed by atoms with van der Waals surface area (Å²) < 4.78 is 15.7. The zero-order valence-corrected chi connectivity index (χ0v) is 16.4. The number of rotatable bonds is 8. The van der Waals surface area contributed by atoms with Gasteiger partial charge in [-0.25, -0.2) is 0 Å². The number of carbonyl (C=O) groups excluding carboxylic acids is 2. The smallest absolute Gasteiger partial charge is 0.238 e. The number of hydrogen-bond acceptors (Lipinski definition) is 6. The summed E-state index contributed by atoms with van der Waals surface area (Å²) in [4.78, 5) is 24.5. The number of anilines is 1. The number of methoxy groups -OCH3 is 3. The van der Waals surface area contributed by atoms with Gasteiger partial charge in [0.05, 0.1) is 39.1 Å². The van der Waals surface area contributed by atoms with Crippen molar-refractivity contribution < 1.29 is 23.8 Å². The van der Waals surface area contributed by atoms with Gasteiger partial charge in [-0.3, -0.25) is 9.59 Å². The van der Waals surface area contributed by atoms with Crippen LogP contribution in [0.5, 0.6) is 17.2 Å². The van der Waals surface area contributed by atoms with Crippen LogP contribution in [0.2, 0.25) is 0 Å². The summed E-state index contributed by atoms with van der Waals surface area (Å²) in [5.74, 6) is 0.988. The third kappa shape index (κ3) is 4.89. The van der Waals surface area contributed by atoms with Gasteiger partial charge in [-0.05, 0) is 54.5 Å². The Morgan fingerprint density at radius 3 is 2.29 bits per heavy atom. The van der Waals surface area contributed by atoms with Crippen molar-refractivity contribution >= 4 is 23.5 Å². The van der Waals surface area contributed by atoms with Crippen molar-refractivity contribution in [3.8, 4) is 17.2 Å². The molecule has 0 aliphatic carbocycles. The quantitative estimate of drug-likeness (QED) is 0.536. The van der Waals surface area contributed by atoms with Gasteiger partial charge >= 0.3 is 0 Å². The maximum atomic E-state index is 12.9. The lowest BCUT2D eigenvalue weighted by Crippen LogP contribution is -2.22. The SMILES string of the molecule is COc1ccc(OC)c(C(=O)/C(C)=C/c2ccc(OC)c(NC(=O)CN)c2)c1. The number of allylic oxidation sites excluding steroid dienone is 1. The highest BCUT2D eigenvalue weighted by Crippen LogP contribution is 2.29. The molecule has 0 bridgehead atoms. The second kappa shape index (κ2) is 9.57. The Bertz CT molecular complexity index is 906. The van der Waals surface area contributed by atoms with Gasteiger partial charge in [0.15, 0.2) is 5.78 Å². The minimum atomic E-state index is -0.339. The van der Waals surface area contributed by atoms with Crippen LogP contribution in [-0.2, 0) is 4.79 Å². The van der Waals surface area contributed by atoms with Gasteiger partial charge in [0, 0.05) is 0 Å². The van der Waals surface area contributed by atoms with Crippen LogP contribution in [0.4, 0.5) is 5.69 Å². The van der Waals surface area contributed by atoms with Crippen LogP contribution in [0.3, 0.4) is 0 Å². The van der Waals surface area contributed by atoms with Crippen molar-refractivity contribution in [1.29, 1.82) is 0 Å². The van der Waals surface area contributed by atoms with Crippen molar-refractivity contribution in [2.75, 3.05) is 33.2 Å². The van der Waals surface area contributed by atoms with Crippen LogP contribution in [-0.4, -0.2) is 39.6 Å². The molecule has 0 spiro atoms. The lowest BCUT2D eigenvalue weighted by Gasteiger charge is -2.12. The highest BCUT2D eigenvalue weighted by Gasteiger charge is 2.16. The van der Waals surface area contributed by atoms with E-state index >= 15 is 0 Å². The topological polar surface area (TPSA) is 99.9 Å². The second-order valence-corrected chi connectivity index (χ2v) is 5.93. The van der Waals surface area contributed by atoms with E-state index in [4.69, 9.17) is 19.9 Å². The van der Waals surface area contributed by atoms with Crippen molar-refractivity contribution in [1.82, 2.24) is 0 Å². The molecule has 0 aliphatic heterocycles. The summed E-state index contributed by atoms with van der Waals surface area (Å²) >= 11 is 0. The Morgan fingerprint density at radius 2 is 1.68 bits per heavy atom. The molecule has 28 heavy (non-hydrogen) atoms. The number of ketones is 1. The van der Waals surface area contributed by atoms with E-state index in [1.54, 1.807) is 49.4 Å². The van der Waals surface area contributed by atoms with E-state index in [-0.39, 0.29) is 18.2 Å². The Labute approximate surface area is 164 Å². The molecule has 7 heteroatoms. The molecular formula is C21H24N2O5. The number of carbonyl (C=O) groups is 2. The number of amides is 1. The van der Waals surface area contributed by atoms with E-state index in [9.17, 15) is 9.59 Å². The number of ether oxygens (including phenoxy) is 3. The normalized spacial score (nSPS) is 11.0. The highest BCUT2D eigenvalue weighted by molar-refractivity contribution is 6.12. The summed E-state index contributed by atoms with van der Waals surface area (Å²) in [6, 6.07) is 10.3. The average Bonchev–Trinajstić information content (AvgIpc) is 2.72. The van der Waals surface area contributed by atoms with Gasteiger partial charge in [0.25, 0.3) is 0 Å².